The molecule has 0 aliphatic heterocycles. The van der Waals surface area contributed by atoms with Gasteiger partial charge in [-0.2, -0.15) is 0 Å². The van der Waals surface area contributed by atoms with E-state index in [-0.39, 0.29) is 18.1 Å². The molecule has 0 bridgehead atoms. The third-order valence-corrected chi connectivity index (χ3v) is 4.08. The van der Waals surface area contributed by atoms with Gasteiger partial charge >= 0.3 is 12.3 Å². The maximum Gasteiger partial charge on any atom is 0.508 e. The van der Waals surface area contributed by atoms with Crippen molar-refractivity contribution in [1.82, 2.24) is 0 Å². The van der Waals surface area contributed by atoms with Gasteiger partial charge in [0, 0.05) is 0 Å². The van der Waals surface area contributed by atoms with Gasteiger partial charge in [-0.05, 0) is 50.4 Å². The lowest BCUT2D eigenvalue weighted by Gasteiger charge is -2.27. The molecular formula is C19H34O6. The summed E-state index contributed by atoms with van der Waals surface area (Å²) < 4.78 is 20.7. The van der Waals surface area contributed by atoms with Crippen molar-refractivity contribution in [2.24, 2.45) is 11.8 Å². The summed E-state index contributed by atoms with van der Waals surface area (Å²) in [5.74, 6) is 0.958. The van der Waals surface area contributed by atoms with E-state index in [4.69, 9.17) is 18.9 Å². The minimum atomic E-state index is -0.612. The van der Waals surface area contributed by atoms with Crippen LogP contribution in [0.3, 0.4) is 0 Å². The van der Waals surface area contributed by atoms with E-state index in [1.807, 2.05) is 13.8 Å². The number of carbonyl (C=O) groups is 2. The van der Waals surface area contributed by atoms with Gasteiger partial charge < -0.3 is 18.9 Å². The Kier molecular flexibility index (Phi) is 10.3. The predicted molar refractivity (Wildman–Crippen MR) is 94.4 cm³/mol. The Bertz CT molecular complexity index is 385. The van der Waals surface area contributed by atoms with Gasteiger partial charge in [0.25, 0.3) is 0 Å². The average Bonchev–Trinajstić information content (AvgIpc) is 2.54. The summed E-state index contributed by atoms with van der Waals surface area (Å²) in [6, 6.07) is 0. The molecule has 0 heterocycles. The number of ether oxygens (including phenoxy) is 4. The minimum Gasteiger partial charge on any atom is -0.434 e. The molecule has 0 unspecified atom stereocenters. The Labute approximate surface area is 151 Å². The molecule has 0 aromatic carbocycles. The van der Waals surface area contributed by atoms with Gasteiger partial charge in [0.1, 0.15) is 12.2 Å². The Morgan fingerprint density at radius 2 is 1.32 bits per heavy atom. The van der Waals surface area contributed by atoms with Gasteiger partial charge in [-0.15, -0.1) is 0 Å². The van der Waals surface area contributed by atoms with E-state index in [0.717, 1.165) is 19.3 Å². The Balaban J connectivity index is 2.09. The molecule has 1 aliphatic rings. The molecule has 1 fully saturated rings. The summed E-state index contributed by atoms with van der Waals surface area (Å²) >= 11 is 0. The number of carbonyl (C=O) groups excluding carboxylic acids is 2. The topological polar surface area (TPSA) is 71.1 Å². The zero-order valence-electron chi connectivity index (χ0n) is 16.1. The zero-order chi connectivity index (χ0) is 18.7. The van der Waals surface area contributed by atoms with Crippen molar-refractivity contribution < 1.29 is 28.5 Å². The molecule has 6 nitrogen and oxygen atoms in total. The van der Waals surface area contributed by atoms with E-state index in [2.05, 4.69) is 13.8 Å². The monoisotopic (exact) mass is 358 g/mol. The quantitative estimate of drug-likeness (QED) is 0.422. The van der Waals surface area contributed by atoms with Crippen molar-refractivity contribution in [2.45, 2.75) is 84.8 Å². The van der Waals surface area contributed by atoms with Crippen molar-refractivity contribution in [3.63, 3.8) is 0 Å². The van der Waals surface area contributed by atoms with E-state index in [0.29, 0.717) is 44.8 Å². The van der Waals surface area contributed by atoms with E-state index in [9.17, 15) is 9.59 Å². The molecule has 0 N–H and O–H groups in total. The minimum absolute atomic E-state index is 0.158. The molecule has 0 aromatic heterocycles. The Morgan fingerprint density at radius 1 is 0.800 bits per heavy atom. The summed E-state index contributed by atoms with van der Waals surface area (Å²) in [4.78, 5) is 23.2. The van der Waals surface area contributed by atoms with E-state index >= 15 is 0 Å². The summed E-state index contributed by atoms with van der Waals surface area (Å²) in [5, 5.41) is 0. The fraction of sp³-hybridized carbons (Fsp3) is 0.895. The molecule has 6 heteroatoms. The summed E-state index contributed by atoms with van der Waals surface area (Å²) in [7, 11) is 0. The smallest absolute Gasteiger partial charge is 0.434 e. The second-order valence-electron chi connectivity index (χ2n) is 7.58. The molecule has 146 valence electrons. The van der Waals surface area contributed by atoms with Crippen molar-refractivity contribution in [3.05, 3.63) is 0 Å². The van der Waals surface area contributed by atoms with Crippen LogP contribution in [0.15, 0.2) is 0 Å². The number of rotatable bonds is 9. The highest BCUT2D eigenvalue weighted by molar-refractivity contribution is 5.60. The Hall–Kier alpha value is -1.46. The van der Waals surface area contributed by atoms with Crippen LogP contribution in [0.2, 0.25) is 0 Å². The van der Waals surface area contributed by atoms with Crippen LogP contribution in [0.1, 0.15) is 72.6 Å². The largest absolute Gasteiger partial charge is 0.508 e. The van der Waals surface area contributed by atoms with Gasteiger partial charge in [-0.25, -0.2) is 9.59 Å². The second-order valence-corrected chi connectivity index (χ2v) is 7.58. The normalized spacial score (nSPS) is 20.4. The SMILES string of the molecule is CC(C)CCCCOC(=O)OC1CCC(OC(=O)OCC(C)C)CC1. The number of hydrogen-bond donors (Lipinski definition) is 0. The fourth-order valence-corrected chi connectivity index (χ4v) is 2.65. The first-order valence-corrected chi connectivity index (χ1v) is 9.53. The standard InChI is InChI=1S/C19H34O6/c1-14(2)7-5-6-12-22-18(20)24-16-8-10-17(11-9-16)25-19(21)23-13-15(3)4/h14-17H,5-13H2,1-4H3. The molecule has 0 aromatic rings. The van der Waals surface area contributed by atoms with Gasteiger partial charge in [-0.3, -0.25) is 0 Å². The Morgan fingerprint density at radius 3 is 1.80 bits per heavy atom. The maximum atomic E-state index is 11.7. The highest BCUT2D eigenvalue weighted by Crippen LogP contribution is 2.24. The van der Waals surface area contributed by atoms with Gasteiger partial charge in [0.15, 0.2) is 0 Å². The second kappa shape index (κ2) is 12.0. The van der Waals surface area contributed by atoms with Crippen LogP contribution < -0.4 is 0 Å². The van der Waals surface area contributed by atoms with Crippen LogP contribution in [0, 0.1) is 11.8 Å². The lowest BCUT2D eigenvalue weighted by atomic mass is 9.95. The first-order chi connectivity index (χ1) is 11.9. The molecule has 0 radical (unpaired) electrons. The highest BCUT2D eigenvalue weighted by atomic mass is 16.7. The molecule has 1 saturated carbocycles. The maximum absolute atomic E-state index is 11.7. The van der Waals surface area contributed by atoms with Crippen LogP contribution in [-0.4, -0.2) is 37.7 Å². The molecular weight excluding hydrogens is 324 g/mol. The summed E-state index contributed by atoms with van der Waals surface area (Å²) in [6.07, 6.45) is 4.22. The third kappa shape index (κ3) is 10.9. The average molecular weight is 358 g/mol. The van der Waals surface area contributed by atoms with Crippen molar-refractivity contribution in [1.29, 1.82) is 0 Å². The van der Waals surface area contributed by atoms with Crippen LogP contribution in [0.25, 0.3) is 0 Å². The third-order valence-electron chi connectivity index (χ3n) is 4.08. The zero-order valence-corrected chi connectivity index (χ0v) is 16.1. The molecule has 0 spiro atoms. The molecule has 0 saturated heterocycles. The van der Waals surface area contributed by atoms with Crippen molar-refractivity contribution in [2.75, 3.05) is 13.2 Å². The molecule has 1 rings (SSSR count). The lowest BCUT2D eigenvalue weighted by Crippen LogP contribution is -2.30. The first-order valence-electron chi connectivity index (χ1n) is 9.53. The lowest BCUT2D eigenvalue weighted by molar-refractivity contribution is -0.0286. The van der Waals surface area contributed by atoms with Crippen LogP contribution in [0.4, 0.5) is 9.59 Å². The van der Waals surface area contributed by atoms with Crippen LogP contribution in [-0.2, 0) is 18.9 Å². The van der Waals surface area contributed by atoms with Gasteiger partial charge in [0.05, 0.1) is 13.2 Å². The molecule has 0 atom stereocenters. The highest BCUT2D eigenvalue weighted by Gasteiger charge is 2.27. The molecule has 25 heavy (non-hydrogen) atoms. The van der Waals surface area contributed by atoms with Gasteiger partial charge in [-0.1, -0.05) is 34.1 Å². The first kappa shape index (κ1) is 21.6. The van der Waals surface area contributed by atoms with Crippen molar-refractivity contribution in [3.8, 4) is 0 Å². The van der Waals surface area contributed by atoms with Crippen molar-refractivity contribution >= 4 is 12.3 Å². The van der Waals surface area contributed by atoms with Crippen LogP contribution in [0.5, 0.6) is 0 Å². The number of unbranched alkanes of at least 4 members (excludes halogenated alkanes) is 1. The molecule has 0 amide bonds. The van der Waals surface area contributed by atoms with Crippen LogP contribution >= 0.6 is 0 Å². The predicted octanol–water partition coefficient (Wildman–Crippen LogP) is 5.09. The summed E-state index contributed by atoms with van der Waals surface area (Å²) in [6.45, 7) is 9.07. The molecule has 1 aliphatic carbocycles. The number of hydrogen-bond acceptors (Lipinski definition) is 6. The van der Waals surface area contributed by atoms with E-state index in [1.54, 1.807) is 0 Å². The van der Waals surface area contributed by atoms with E-state index < -0.39 is 12.3 Å². The van der Waals surface area contributed by atoms with Gasteiger partial charge in [0.2, 0.25) is 0 Å². The summed E-state index contributed by atoms with van der Waals surface area (Å²) in [5.41, 5.74) is 0. The fourth-order valence-electron chi connectivity index (χ4n) is 2.65. The van der Waals surface area contributed by atoms with E-state index in [1.165, 1.54) is 0 Å².